The average molecular weight is 288 g/mol. The molecule has 0 radical (unpaired) electrons. The highest BCUT2D eigenvalue weighted by molar-refractivity contribution is 9.10. The zero-order valence-electron chi connectivity index (χ0n) is 9.22. The van der Waals surface area contributed by atoms with Crippen molar-refractivity contribution in [1.29, 1.82) is 0 Å². The van der Waals surface area contributed by atoms with Crippen molar-refractivity contribution >= 4 is 21.6 Å². The van der Waals surface area contributed by atoms with Crippen LogP contribution < -0.4 is 5.32 Å². The molecule has 1 saturated heterocycles. The number of hydrogen-bond acceptors (Lipinski definition) is 2. The summed E-state index contributed by atoms with van der Waals surface area (Å²) >= 11 is 3.17. The average Bonchev–Trinajstić information content (AvgIpc) is 2.74. The third-order valence-electron chi connectivity index (χ3n) is 2.87. The van der Waals surface area contributed by atoms with Crippen LogP contribution in [-0.4, -0.2) is 19.8 Å². The van der Waals surface area contributed by atoms with Crippen LogP contribution in [0.3, 0.4) is 0 Å². The van der Waals surface area contributed by atoms with E-state index < -0.39 is 0 Å². The minimum absolute atomic E-state index is 0.226. The first kappa shape index (κ1) is 11.9. The molecule has 1 N–H and O–H groups in total. The highest BCUT2D eigenvalue weighted by Crippen LogP contribution is 2.24. The van der Waals surface area contributed by atoms with Crippen LogP contribution in [0.2, 0.25) is 0 Å². The molecule has 0 aromatic heterocycles. The first-order valence-corrected chi connectivity index (χ1v) is 6.23. The molecular weight excluding hydrogens is 273 g/mol. The van der Waals surface area contributed by atoms with Crippen molar-refractivity contribution < 1.29 is 9.13 Å². The van der Waals surface area contributed by atoms with E-state index in [-0.39, 0.29) is 5.82 Å². The molecular formula is C12H15BrFNO. The Labute approximate surface area is 103 Å². The summed E-state index contributed by atoms with van der Waals surface area (Å²) in [4.78, 5) is 0. The summed E-state index contributed by atoms with van der Waals surface area (Å²) in [5.41, 5.74) is 1.92. The number of nitrogens with one attached hydrogen (secondary N) is 1. The molecule has 0 aliphatic carbocycles. The Morgan fingerprint density at radius 3 is 3.06 bits per heavy atom. The molecule has 1 aromatic rings. The Kier molecular flexibility index (Phi) is 3.82. The van der Waals surface area contributed by atoms with Crippen LogP contribution in [0.4, 0.5) is 10.1 Å². The first-order chi connectivity index (χ1) is 7.66. The third kappa shape index (κ3) is 2.74. The number of ether oxygens (including phenoxy) is 1. The van der Waals surface area contributed by atoms with Crippen LogP contribution in [0, 0.1) is 18.7 Å². The summed E-state index contributed by atoms with van der Waals surface area (Å²) in [6.07, 6.45) is 1.09. The largest absolute Gasteiger partial charge is 0.384 e. The highest BCUT2D eigenvalue weighted by Gasteiger charge is 2.15. The van der Waals surface area contributed by atoms with Gasteiger partial charge in [0, 0.05) is 24.8 Å². The molecule has 4 heteroatoms. The minimum atomic E-state index is -0.226. The Balaban J connectivity index is 2.00. The maximum atomic E-state index is 13.3. The van der Waals surface area contributed by atoms with Crippen molar-refractivity contribution in [2.75, 3.05) is 25.1 Å². The Bertz CT molecular complexity index is 378. The molecule has 1 fully saturated rings. The lowest BCUT2D eigenvalue weighted by molar-refractivity contribution is 0.187. The number of benzene rings is 1. The molecule has 2 nitrogen and oxygen atoms in total. The summed E-state index contributed by atoms with van der Waals surface area (Å²) in [5, 5.41) is 3.28. The van der Waals surface area contributed by atoms with Gasteiger partial charge in [0.2, 0.25) is 0 Å². The fourth-order valence-corrected chi connectivity index (χ4v) is 2.29. The van der Waals surface area contributed by atoms with Gasteiger partial charge in [-0.1, -0.05) is 0 Å². The quantitative estimate of drug-likeness (QED) is 0.921. The van der Waals surface area contributed by atoms with Crippen molar-refractivity contribution in [2.24, 2.45) is 5.92 Å². The number of rotatable bonds is 3. The SMILES string of the molecule is Cc1cc(Br)c(F)cc1NCC1CCOC1. The van der Waals surface area contributed by atoms with Crippen molar-refractivity contribution in [2.45, 2.75) is 13.3 Å². The number of hydrogen-bond donors (Lipinski definition) is 1. The molecule has 0 bridgehead atoms. The van der Waals surface area contributed by atoms with E-state index in [1.165, 1.54) is 6.07 Å². The molecule has 1 atom stereocenters. The normalized spacial score (nSPS) is 20.1. The van der Waals surface area contributed by atoms with Gasteiger partial charge >= 0.3 is 0 Å². The Morgan fingerprint density at radius 2 is 2.38 bits per heavy atom. The molecule has 1 heterocycles. The van der Waals surface area contributed by atoms with Gasteiger partial charge in [0.1, 0.15) is 5.82 Å². The second-order valence-corrected chi connectivity index (χ2v) is 5.05. The summed E-state index contributed by atoms with van der Waals surface area (Å²) in [5.74, 6) is 0.321. The van der Waals surface area contributed by atoms with Gasteiger partial charge in [0.15, 0.2) is 0 Å². The van der Waals surface area contributed by atoms with E-state index in [4.69, 9.17) is 4.74 Å². The van der Waals surface area contributed by atoms with E-state index >= 15 is 0 Å². The van der Waals surface area contributed by atoms with E-state index in [2.05, 4.69) is 21.2 Å². The van der Waals surface area contributed by atoms with Gasteiger partial charge in [-0.05, 0) is 47.0 Å². The van der Waals surface area contributed by atoms with Crippen LogP contribution in [0.15, 0.2) is 16.6 Å². The van der Waals surface area contributed by atoms with Crippen LogP contribution >= 0.6 is 15.9 Å². The second kappa shape index (κ2) is 5.15. The summed E-state index contributed by atoms with van der Waals surface area (Å²) in [7, 11) is 0. The number of halogens is 2. The van der Waals surface area contributed by atoms with E-state index in [1.54, 1.807) is 6.07 Å². The molecule has 88 valence electrons. The van der Waals surface area contributed by atoms with Gasteiger partial charge < -0.3 is 10.1 Å². The van der Waals surface area contributed by atoms with Crippen molar-refractivity contribution in [3.05, 3.63) is 28.0 Å². The van der Waals surface area contributed by atoms with E-state index in [0.29, 0.717) is 10.4 Å². The summed E-state index contributed by atoms with van der Waals surface area (Å²) < 4.78 is 19.2. The molecule has 0 amide bonds. The van der Waals surface area contributed by atoms with Crippen molar-refractivity contribution in [3.63, 3.8) is 0 Å². The molecule has 0 saturated carbocycles. The van der Waals surface area contributed by atoms with Gasteiger partial charge in [0.05, 0.1) is 11.1 Å². The van der Waals surface area contributed by atoms with Crippen molar-refractivity contribution in [3.8, 4) is 0 Å². The molecule has 1 aliphatic heterocycles. The topological polar surface area (TPSA) is 21.3 Å². The zero-order chi connectivity index (χ0) is 11.5. The van der Waals surface area contributed by atoms with E-state index in [1.807, 2.05) is 6.92 Å². The van der Waals surface area contributed by atoms with E-state index in [9.17, 15) is 4.39 Å². The molecule has 1 aromatic carbocycles. The van der Waals surface area contributed by atoms with Crippen LogP contribution in [0.25, 0.3) is 0 Å². The van der Waals surface area contributed by atoms with Crippen LogP contribution in [0.1, 0.15) is 12.0 Å². The summed E-state index contributed by atoms with van der Waals surface area (Å²) in [6, 6.07) is 3.33. The molecule has 0 spiro atoms. The molecule has 16 heavy (non-hydrogen) atoms. The lowest BCUT2D eigenvalue weighted by Gasteiger charge is -2.13. The smallest absolute Gasteiger partial charge is 0.139 e. The number of anilines is 1. The predicted octanol–water partition coefficient (Wildman–Crippen LogP) is 3.35. The van der Waals surface area contributed by atoms with Gasteiger partial charge in [-0.15, -0.1) is 0 Å². The first-order valence-electron chi connectivity index (χ1n) is 5.44. The maximum Gasteiger partial charge on any atom is 0.139 e. The third-order valence-corrected chi connectivity index (χ3v) is 3.48. The summed E-state index contributed by atoms with van der Waals surface area (Å²) in [6.45, 7) is 4.48. The molecule has 1 aliphatic rings. The fraction of sp³-hybridized carbons (Fsp3) is 0.500. The Morgan fingerprint density at radius 1 is 1.56 bits per heavy atom. The molecule has 1 unspecified atom stereocenters. The lowest BCUT2D eigenvalue weighted by atomic mass is 10.1. The lowest BCUT2D eigenvalue weighted by Crippen LogP contribution is -2.14. The Hall–Kier alpha value is -0.610. The fourth-order valence-electron chi connectivity index (χ4n) is 1.84. The zero-order valence-corrected chi connectivity index (χ0v) is 10.8. The van der Waals surface area contributed by atoms with Crippen LogP contribution in [0.5, 0.6) is 0 Å². The predicted molar refractivity (Wildman–Crippen MR) is 66.3 cm³/mol. The van der Waals surface area contributed by atoms with Gasteiger partial charge in [-0.3, -0.25) is 0 Å². The number of aryl methyl sites for hydroxylation is 1. The standard InChI is InChI=1S/C12H15BrFNO/c1-8-4-10(13)11(14)5-12(8)15-6-9-2-3-16-7-9/h4-5,9,15H,2-3,6-7H2,1H3. The second-order valence-electron chi connectivity index (χ2n) is 4.19. The van der Waals surface area contributed by atoms with Gasteiger partial charge in [0.25, 0.3) is 0 Å². The van der Waals surface area contributed by atoms with Crippen LogP contribution in [-0.2, 0) is 4.74 Å². The van der Waals surface area contributed by atoms with Gasteiger partial charge in [-0.25, -0.2) is 4.39 Å². The molecule has 2 rings (SSSR count). The van der Waals surface area contributed by atoms with E-state index in [0.717, 1.165) is 37.4 Å². The minimum Gasteiger partial charge on any atom is -0.384 e. The van der Waals surface area contributed by atoms with Crippen molar-refractivity contribution in [1.82, 2.24) is 0 Å². The highest BCUT2D eigenvalue weighted by atomic mass is 79.9. The van der Waals surface area contributed by atoms with Gasteiger partial charge in [-0.2, -0.15) is 0 Å². The maximum absolute atomic E-state index is 13.3. The monoisotopic (exact) mass is 287 g/mol.